The third kappa shape index (κ3) is 2.61. The van der Waals surface area contributed by atoms with Crippen molar-refractivity contribution >= 4 is 0 Å². The van der Waals surface area contributed by atoms with E-state index in [1.54, 1.807) is 13.8 Å². The molecule has 0 fully saturated rings. The van der Waals surface area contributed by atoms with Gasteiger partial charge in [0, 0.05) is 12.0 Å². The summed E-state index contributed by atoms with van der Waals surface area (Å²) in [5.74, 6) is 0.625. The third-order valence-corrected chi connectivity index (χ3v) is 3.74. The Morgan fingerprint density at radius 1 is 1.42 bits per heavy atom. The van der Waals surface area contributed by atoms with Crippen molar-refractivity contribution in [1.82, 2.24) is 0 Å². The fourth-order valence-electron chi connectivity index (χ4n) is 2.47. The first kappa shape index (κ1) is 14.3. The normalized spacial score (nSPS) is 20.0. The first-order chi connectivity index (χ1) is 8.88. The summed E-state index contributed by atoms with van der Waals surface area (Å²) in [7, 11) is 0. The summed E-state index contributed by atoms with van der Waals surface area (Å²) in [6.45, 7) is 5.14. The van der Waals surface area contributed by atoms with Crippen molar-refractivity contribution in [2.45, 2.75) is 58.0 Å². The fraction of sp³-hybridized carbons (Fsp3) is 0.600. The van der Waals surface area contributed by atoms with E-state index in [9.17, 15) is 15.3 Å². The molecule has 1 heterocycles. The Morgan fingerprint density at radius 3 is 2.63 bits per heavy atom. The lowest BCUT2D eigenvalue weighted by Gasteiger charge is -2.25. The number of rotatable bonds is 4. The summed E-state index contributed by atoms with van der Waals surface area (Å²) >= 11 is 0. The van der Waals surface area contributed by atoms with Gasteiger partial charge in [-0.1, -0.05) is 19.1 Å². The van der Waals surface area contributed by atoms with Gasteiger partial charge in [0.05, 0.1) is 18.3 Å². The highest BCUT2D eigenvalue weighted by atomic mass is 16.5. The minimum absolute atomic E-state index is 0.172. The molecule has 0 saturated heterocycles. The topological polar surface area (TPSA) is 69.9 Å². The van der Waals surface area contributed by atoms with Crippen LogP contribution < -0.4 is 4.74 Å². The van der Waals surface area contributed by atoms with Crippen molar-refractivity contribution in [1.29, 1.82) is 0 Å². The Bertz CT molecular complexity index is 462. The number of hydrogen-bond acceptors (Lipinski definition) is 4. The molecule has 19 heavy (non-hydrogen) atoms. The highest BCUT2D eigenvalue weighted by Crippen LogP contribution is 2.39. The zero-order valence-electron chi connectivity index (χ0n) is 11.7. The van der Waals surface area contributed by atoms with Gasteiger partial charge in [-0.2, -0.15) is 0 Å². The number of aliphatic hydroxyl groups is 3. The molecule has 0 aromatic heterocycles. The van der Waals surface area contributed by atoms with Crippen molar-refractivity contribution < 1.29 is 20.1 Å². The van der Waals surface area contributed by atoms with E-state index < -0.39 is 11.7 Å². The third-order valence-electron chi connectivity index (χ3n) is 3.74. The maximum absolute atomic E-state index is 10.0. The summed E-state index contributed by atoms with van der Waals surface area (Å²) in [5.41, 5.74) is 1.39. The van der Waals surface area contributed by atoms with Crippen LogP contribution in [0.5, 0.6) is 5.75 Å². The van der Waals surface area contributed by atoms with Gasteiger partial charge in [-0.05, 0) is 31.4 Å². The minimum Gasteiger partial charge on any atom is -0.486 e. The van der Waals surface area contributed by atoms with E-state index in [0.717, 1.165) is 5.56 Å². The summed E-state index contributed by atoms with van der Waals surface area (Å²) in [6, 6.07) is 3.75. The molecule has 1 unspecified atom stereocenters. The quantitative estimate of drug-likeness (QED) is 0.775. The standard InChI is InChI=1S/C15H22O4/c1-4-12(17)10-6-5-9-7-13(15(2,3)18)19-14(9)11(10)8-16/h5-6,12-13,16-18H,4,7-8H2,1-3H3/t12?,13-/m1/s1. The van der Waals surface area contributed by atoms with E-state index in [-0.39, 0.29) is 12.7 Å². The van der Waals surface area contributed by atoms with E-state index in [2.05, 4.69) is 0 Å². The maximum Gasteiger partial charge on any atom is 0.131 e. The van der Waals surface area contributed by atoms with Crippen molar-refractivity contribution in [2.75, 3.05) is 0 Å². The van der Waals surface area contributed by atoms with E-state index in [1.807, 2.05) is 19.1 Å². The van der Waals surface area contributed by atoms with Gasteiger partial charge in [0.25, 0.3) is 0 Å². The Labute approximate surface area is 113 Å². The molecular formula is C15H22O4. The maximum atomic E-state index is 10.0. The Hall–Kier alpha value is -1.10. The molecule has 1 aromatic carbocycles. The van der Waals surface area contributed by atoms with Gasteiger partial charge in [-0.25, -0.2) is 0 Å². The van der Waals surface area contributed by atoms with Crippen LogP contribution in [0.1, 0.15) is 50.0 Å². The lowest BCUT2D eigenvalue weighted by Crippen LogP contribution is -2.39. The summed E-state index contributed by atoms with van der Waals surface area (Å²) in [6.07, 6.45) is 0.286. The van der Waals surface area contributed by atoms with Gasteiger partial charge in [0.15, 0.2) is 0 Å². The molecule has 106 valence electrons. The van der Waals surface area contributed by atoms with Gasteiger partial charge < -0.3 is 20.1 Å². The average molecular weight is 266 g/mol. The van der Waals surface area contributed by atoms with Crippen LogP contribution in [-0.4, -0.2) is 27.0 Å². The van der Waals surface area contributed by atoms with E-state index in [1.165, 1.54) is 0 Å². The van der Waals surface area contributed by atoms with Gasteiger partial charge in [0.1, 0.15) is 11.9 Å². The molecule has 1 aromatic rings. The van der Waals surface area contributed by atoms with E-state index >= 15 is 0 Å². The molecule has 2 atom stereocenters. The molecule has 1 aliphatic heterocycles. The highest BCUT2D eigenvalue weighted by Gasteiger charge is 2.36. The minimum atomic E-state index is -0.935. The number of ether oxygens (including phenoxy) is 1. The zero-order chi connectivity index (χ0) is 14.2. The molecule has 2 rings (SSSR count). The molecule has 0 aliphatic carbocycles. The largest absolute Gasteiger partial charge is 0.486 e. The predicted molar refractivity (Wildman–Crippen MR) is 72.0 cm³/mol. The number of hydrogen-bond donors (Lipinski definition) is 3. The van der Waals surface area contributed by atoms with Crippen LogP contribution in [0.2, 0.25) is 0 Å². The molecular weight excluding hydrogens is 244 g/mol. The van der Waals surface area contributed by atoms with Crippen molar-refractivity contribution in [3.63, 3.8) is 0 Å². The summed E-state index contributed by atoms with van der Waals surface area (Å²) < 4.78 is 5.81. The molecule has 3 N–H and O–H groups in total. The number of fused-ring (bicyclic) bond motifs is 1. The Balaban J connectivity index is 2.40. The highest BCUT2D eigenvalue weighted by molar-refractivity contribution is 5.50. The van der Waals surface area contributed by atoms with Crippen LogP contribution in [0, 0.1) is 0 Å². The van der Waals surface area contributed by atoms with E-state index in [0.29, 0.717) is 29.7 Å². The first-order valence-electron chi connectivity index (χ1n) is 6.71. The first-order valence-corrected chi connectivity index (χ1v) is 6.71. The van der Waals surface area contributed by atoms with Gasteiger partial charge in [-0.3, -0.25) is 0 Å². The molecule has 0 amide bonds. The average Bonchev–Trinajstić information content (AvgIpc) is 2.80. The van der Waals surface area contributed by atoms with Gasteiger partial charge in [-0.15, -0.1) is 0 Å². The fourth-order valence-corrected chi connectivity index (χ4v) is 2.47. The molecule has 1 aliphatic rings. The second-order valence-corrected chi connectivity index (χ2v) is 5.67. The van der Waals surface area contributed by atoms with Crippen LogP contribution in [0.25, 0.3) is 0 Å². The van der Waals surface area contributed by atoms with Crippen LogP contribution in [0.4, 0.5) is 0 Å². The van der Waals surface area contributed by atoms with Gasteiger partial charge in [0.2, 0.25) is 0 Å². The molecule has 4 heteroatoms. The smallest absolute Gasteiger partial charge is 0.131 e. The monoisotopic (exact) mass is 266 g/mol. The molecule has 0 bridgehead atoms. The molecule has 0 radical (unpaired) electrons. The lowest BCUT2D eigenvalue weighted by atomic mass is 9.94. The molecule has 0 saturated carbocycles. The lowest BCUT2D eigenvalue weighted by molar-refractivity contribution is -0.0235. The second kappa shape index (κ2) is 5.12. The summed E-state index contributed by atoms with van der Waals surface area (Å²) in [4.78, 5) is 0. The van der Waals surface area contributed by atoms with Crippen LogP contribution in [-0.2, 0) is 13.0 Å². The second-order valence-electron chi connectivity index (χ2n) is 5.67. The Morgan fingerprint density at radius 2 is 2.11 bits per heavy atom. The van der Waals surface area contributed by atoms with Crippen LogP contribution in [0.3, 0.4) is 0 Å². The van der Waals surface area contributed by atoms with E-state index in [4.69, 9.17) is 4.74 Å². The van der Waals surface area contributed by atoms with Crippen molar-refractivity contribution in [3.8, 4) is 5.75 Å². The Kier molecular flexibility index (Phi) is 3.85. The molecule has 0 spiro atoms. The van der Waals surface area contributed by atoms with Crippen LogP contribution in [0.15, 0.2) is 12.1 Å². The number of benzene rings is 1. The number of aliphatic hydroxyl groups excluding tert-OH is 2. The SMILES string of the molecule is CCC(O)c1ccc2c(c1CO)O[C@@H](C(C)(C)O)C2. The summed E-state index contributed by atoms with van der Waals surface area (Å²) in [5, 5.41) is 29.6. The predicted octanol–water partition coefficient (Wildman–Crippen LogP) is 1.70. The molecule has 4 nitrogen and oxygen atoms in total. The van der Waals surface area contributed by atoms with Crippen molar-refractivity contribution in [3.05, 3.63) is 28.8 Å². The van der Waals surface area contributed by atoms with Crippen LogP contribution >= 0.6 is 0 Å². The zero-order valence-corrected chi connectivity index (χ0v) is 11.7. The van der Waals surface area contributed by atoms with Crippen molar-refractivity contribution in [2.24, 2.45) is 0 Å². The van der Waals surface area contributed by atoms with Gasteiger partial charge >= 0.3 is 0 Å².